The second kappa shape index (κ2) is 21.1. The molecule has 228 valence electrons. The Hall–Kier alpha value is -0.700. The lowest BCUT2D eigenvalue weighted by Crippen LogP contribution is -2.49. The molecule has 0 radical (unpaired) electrons. The van der Waals surface area contributed by atoms with E-state index in [1.165, 1.54) is 4.90 Å². The van der Waals surface area contributed by atoms with Crippen LogP contribution in [0.25, 0.3) is 0 Å². The van der Waals surface area contributed by atoms with E-state index in [1.807, 2.05) is 30.3 Å². The van der Waals surface area contributed by atoms with Gasteiger partial charge in [0.05, 0.1) is 24.3 Å². The number of hydrogen-bond donors (Lipinski definition) is 11. The van der Waals surface area contributed by atoms with E-state index >= 15 is 0 Å². The van der Waals surface area contributed by atoms with Gasteiger partial charge in [0, 0.05) is 26.7 Å². The quantitative estimate of drug-likeness (QED) is 0.0726. The van der Waals surface area contributed by atoms with Crippen molar-refractivity contribution in [3.8, 4) is 0 Å². The van der Waals surface area contributed by atoms with Gasteiger partial charge in [-0.2, -0.15) is 13.5 Å². The van der Waals surface area contributed by atoms with Crippen molar-refractivity contribution in [2.24, 2.45) is 0 Å². The van der Waals surface area contributed by atoms with Crippen LogP contribution in [0.15, 0.2) is 30.3 Å². The molecule has 16 heteroatoms. The highest BCUT2D eigenvalue weighted by molar-refractivity contribution is 8.10. The van der Waals surface area contributed by atoms with Crippen molar-refractivity contribution in [1.29, 1.82) is 0 Å². The van der Waals surface area contributed by atoms with Crippen molar-refractivity contribution in [1.82, 2.24) is 9.80 Å². The summed E-state index contributed by atoms with van der Waals surface area (Å²) in [5, 5.41) is 93.5. The Morgan fingerprint density at radius 3 is 1.49 bits per heavy atom. The monoisotopic (exact) mass is 634 g/mol. The zero-order chi connectivity index (χ0) is 29.6. The van der Waals surface area contributed by atoms with Crippen LogP contribution in [-0.4, -0.2) is 152 Å². The predicted molar refractivity (Wildman–Crippen MR) is 162 cm³/mol. The molecule has 1 aromatic rings. The summed E-state index contributed by atoms with van der Waals surface area (Å²) in [6, 6.07) is 9.36. The molecule has 0 aliphatic rings. The highest BCUT2D eigenvalue weighted by atomic mass is 32.1. The van der Waals surface area contributed by atoms with Crippen molar-refractivity contribution in [3.63, 3.8) is 0 Å². The third kappa shape index (κ3) is 15.2. The number of hydrogen-bond acceptors (Lipinski definition) is 12. The summed E-state index contributed by atoms with van der Waals surface area (Å²) in [7, 11) is 1.63. The number of thiocarbonyl (C=S) groups is 2. The van der Waals surface area contributed by atoms with Crippen LogP contribution in [0.3, 0.4) is 0 Å². The fourth-order valence-corrected chi connectivity index (χ4v) is 3.36. The molecule has 39 heavy (non-hydrogen) atoms. The van der Waals surface area contributed by atoms with Gasteiger partial charge in [0.1, 0.15) is 47.0 Å². The van der Waals surface area contributed by atoms with Crippen LogP contribution in [0.1, 0.15) is 12.5 Å². The van der Waals surface area contributed by atoms with Gasteiger partial charge >= 0.3 is 0 Å². The van der Waals surface area contributed by atoms with Crippen LogP contribution in [0, 0.1) is 0 Å². The Balaban J connectivity index is 0. The van der Waals surface area contributed by atoms with E-state index in [2.05, 4.69) is 12.6 Å². The van der Waals surface area contributed by atoms with Crippen molar-refractivity contribution < 1.29 is 51.1 Å². The van der Waals surface area contributed by atoms with Crippen molar-refractivity contribution in [2.45, 2.75) is 62.3 Å². The summed E-state index contributed by atoms with van der Waals surface area (Å²) in [5.74, 6) is 0. The summed E-state index contributed by atoms with van der Waals surface area (Å²) in [5.41, 5.74) is 0.941. The van der Waals surface area contributed by atoms with E-state index in [0.717, 1.165) is 5.56 Å². The normalized spacial score (nSPS) is 17.1. The topological polar surface area (TPSA) is 209 Å². The maximum Gasteiger partial charge on any atom is 0.133 e. The number of nitrogens with zero attached hydrogens (tertiary/aromatic N) is 2. The summed E-state index contributed by atoms with van der Waals surface area (Å²) >= 11 is 13.9. The largest absolute Gasteiger partial charge is 0.394 e. The third-order valence-corrected chi connectivity index (χ3v) is 6.40. The second-order valence-electron chi connectivity index (χ2n) is 8.65. The SMILES string of the molecule is CC(=S)N(C)CC(O)C(O)C(O)C(O)CO.OCC(O)[C@@H](O)[C@H](O)[C@@H](O)CN(Cc1ccccc1)C(=S)S.S. The number of likely N-dealkylation sites (N-methyl/N-ethyl adjacent to an activating group) is 1. The van der Waals surface area contributed by atoms with Crippen molar-refractivity contribution in [2.75, 3.05) is 33.4 Å². The molecule has 0 aliphatic heterocycles. The molecule has 0 aromatic heterocycles. The predicted octanol–water partition coefficient (Wildman–Crippen LogP) is -3.05. The number of benzene rings is 1. The fraction of sp³-hybridized carbons (Fsp3) is 0.652. The Kier molecular flexibility index (Phi) is 21.8. The van der Waals surface area contributed by atoms with E-state index in [0.29, 0.717) is 11.5 Å². The molecule has 10 N–H and O–H groups in total. The molecule has 8 atom stereocenters. The van der Waals surface area contributed by atoms with Crippen LogP contribution in [0.4, 0.5) is 0 Å². The smallest absolute Gasteiger partial charge is 0.133 e. The molecule has 0 saturated heterocycles. The van der Waals surface area contributed by atoms with Crippen LogP contribution >= 0.6 is 50.6 Å². The molecule has 1 aromatic carbocycles. The average Bonchev–Trinajstić information content (AvgIpc) is 2.90. The molecule has 0 bridgehead atoms. The van der Waals surface area contributed by atoms with Crippen LogP contribution in [0.5, 0.6) is 0 Å². The average molecular weight is 635 g/mol. The standard InChI is InChI=1S/C14H21NO5S2.C9H19NO5S.H2S/c16-8-11(18)13(20)12(19)10(17)7-15(14(21)22)6-9-4-2-1-3-5-9;1-5(16)10(2)3-6(12)8(14)9(15)7(13)4-11;/h1-5,10-13,16-20H,6-8H2,(H,21,22);6-9,11-15H,3-4H2,1-2H3;1H2/t10-,11?,12+,13+;;/m0../s1. The second-order valence-corrected chi connectivity index (χ2v) is 10.3. The highest BCUT2D eigenvalue weighted by Gasteiger charge is 2.32. The van der Waals surface area contributed by atoms with E-state index in [1.54, 1.807) is 18.9 Å². The molecule has 12 nitrogen and oxygen atoms in total. The Morgan fingerprint density at radius 2 is 1.13 bits per heavy atom. The zero-order valence-corrected chi connectivity index (χ0v) is 25.2. The molecule has 0 saturated carbocycles. The molecule has 0 fully saturated rings. The molecular weight excluding hydrogens is 593 g/mol. The van der Waals surface area contributed by atoms with E-state index in [-0.39, 0.29) is 30.9 Å². The first-order valence-electron chi connectivity index (χ1n) is 11.6. The minimum absolute atomic E-state index is 0. The summed E-state index contributed by atoms with van der Waals surface area (Å²) in [6.07, 6.45) is -12.1. The van der Waals surface area contributed by atoms with E-state index < -0.39 is 62.0 Å². The van der Waals surface area contributed by atoms with Gasteiger partial charge in [0.15, 0.2) is 0 Å². The van der Waals surface area contributed by atoms with Gasteiger partial charge in [0.25, 0.3) is 0 Å². The summed E-state index contributed by atoms with van der Waals surface area (Å²) < 4.78 is 0.229. The van der Waals surface area contributed by atoms with Crippen LogP contribution < -0.4 is 0 Å². The third-order valence-electron chi connectivity index (χ3n) is 5.54. The van der Waals surface area contributed by atoms with Crippen molar-refractivity contribution in [3.05, 3.63) is 35.9 Å². The maximum atomic E-state index is 9.99. The van der Waals surface area contributed by atoms with E-state index in [9.17, 15) is 35.7 Å². The molecule has 1 rings (SSSR count). The molecule has 0 spiro atoms. The Morgan fingerprint density at radius 1 is 0.744 bits per heavy atom. The van der Waals surface area contributed by atoms with Gasteiger partial charge in [-0.1, -0.05) is 54.8 Å². The maximum absolute atomic E-state index is 9.99. The van der Waals surface area contributed by atoms with Gasteiger partial charge in [-0.05, 0) is 12.5 Å². The molecular formula is C23H42N2O10S4. The lowest BCUT2D eigenvalue weighted by molar-refractivity contribution is -0.117. The zero-order valence-electron chi connectivity index (χ0n) is 21.7. The molecule has 5 unspecified atom stereocenters. The minimum atomic E-state index is -1.66. The van der Waals surface area contributed by atoms with Crippen LogP contribution in [0.2, 0.25) is 0 Å². The van der Waals surface area contributed by atoms with Crippen LogP contribution in [-0.2, 0) is 6.54 Å². The van der Waals surface area contributed by atoms with Gasteiger partial charge in [-0.15, -0.1) is 12.6 Å². The highest BCUT2D eigenvalue weighted by Crippen LogP contribution is 2.12. The summed E-state index contributed by atoms with van der Waals surface area (Å²) in [4.78, 5) is 3.62. The molecule has 0 heterocycles. The number of aliphatic hydroxyl groups is 10. The minimum Gasteiger partial charge on any atom is -0.394 e. The Labute approximate surface area is 251 Å². The van der Waals surface area contributed by atoms with Gasteiger partial charge in [-0.3, -0.25) is 0 Å². The first-order valence-corrected chi connectivity index (χ1v) is 12.8. The summed E-state index contributed by atoms with van der Waals surface area (Å²) in [6.45, 7) is 0.592. The first kappa shape index (κ1) is 40.4. The number of rotatable bonds is 14. The van der Waals surface area contributed by atoms with E-state index in [4.69, 9.17) is 39.8 Å². The number of thiol groups is 1. The molecule has 0 aliphatic carbocycles. The lowest BCUT2D eigenvalue weighted by atomic mass is 10.0. The first-order chi connectivity index (χ1) is 17.7. The Bertz CT molecular complexity index is 816. The van der Waals surface area contributed by atoms with Gasteiger partial charge in [-0.25, -0.2) is 0 Å². The lowest BCUT2D eigenvalue weighted by Gasteiger charge is -2.30. The van der Waals surface area contributed by atoms with Crippen molar-refractivity contribution >= 4 is 59.9 Å². The fourth-order valence-electron chi connectivity index (χ4n) is 2.99. The number of aliphatic hydroxyl groups excluding tert-OH is 10. The van der Waals surface area contributed by atoms with Gasteiger partial charge in [0.2, 0.25) is 0 Å². The van der Waals surface area contributed by atoms with Gasteiger partial charge < -0.3 is 60.9 Å². The molecule has 0 amide bonds.